The van der Waals surface area contributed by atoms with Crippen LogP contribution in [-0.2, 0) is 0 Å². The molecule has 2 rings (SSSR count). The molecule has 0 aliphatic carbocycles. The number of hydrogen-bond acceptors (Lipinski definition) is 2. The van der Waals surface area contributed by atoms with E-state index in [-0.39, 0.29) is 0 Å². The van der Waals surface area contributed by atoms with Gasteiger partial charge in [0.1, 0.15) is 5.75 Å². The molecule has 1 amide bonds. The number of hydrogen-bond donors (Lipinski definition) is 2. The Labute approximate surface area is 112 Å². The third-order valence-electron chi connectivity index (χ3n) is 2.37. The largest absolute Gasteiger partial charge is 0.497 e. The molecule has 2 aromatic rings. The van der Waals surface area contributed by atoms with Gasteiger partial charge < -0.3 is 9.84 Å². The van der Waals surface area contributed by atoms with E-state index in [0.717, 1.165) is 20.1 Å². The summed E-state index contributed by atoms with van der Waals surface area (Å²) >= 11 is 2.10. The molecule has 0 atom stereocenters. The molecule has 0 aliphatic heterocycles. The maximum atomic E-state index is 10.6. The molecular formula is C12H10INO3. The number of rotatable bonds is 2. The van der Waals surface area contributed by atoms with Gasteiger partial charge in [-0.25, -0.2) is 4.79 Å². The maximum absolute atomic E-state index is 10.6. The zero-order valence-corrected chi connectivity index (χ0v) is 11.2. The Morgan fingerprint density at radius 2 is 2.06 bits per heavy atom. The highest BCUT2D eigenvalue weighted by Gasteiger charge is 2.06. The standard InChI is InChI=1S/C12H10INO3/c1-17-9-3-2-7-5-10(13)11(14-12(15)16)6-8(7)4-9/h2-6,14H,1H3,(H,15,16). The van der Waals surface area contributed by atoms with Gasteiger partial charge in [0.25, 0.3) is 0 Å². The lowest BCUT2D eigenvalue weighted by Crippen LogP contribution is -2.08. The lowest BCUT2D eigenvalue weighted by molar-refractivity contribution is 0.209. The number of methoxy groups -OCH3 is 1. The van der Waals surface area contributed by atoms with Crippen molar-refractivity contribution in [3.8, 4) is 5.75 Å². The van der Waals surface area contributed by atoms with Crippen molar-refractivity contribution in [2.24, 2.45) is 0 Å². The number of carbonyl (C=O) groups is 1. The fraction of sp³-hybridized carbons (Fsp3) is 0.0833. The van der Waals surface area contributed by atoms with E-state index < -0.39 is 6.09 Å². The van der Waals surface area contributed by atoms with E-state index in [1.807, 2.05) is 24.3 Å². The van der Waals surface area contributed by atoms with Gasteiger partial charge in [0.2, 0.25) is 0 Å². The smallest absolute Gasteiger partial charge is 0.409 e. The van der Waals surface area contributed by atoms with Gasteiger partial charge in [-0.3, -0.25) is 5.32 Å². The zero-order valence-electron chi connectivity index (χ0n) is 9.03. The highest BCUT2D eigenvalue weighted by Crippen LogP contribution is 2.28. The van der Waals surface area contributed by atoms with Gasteiger partial charge in [-0.15, -0.1) is 0 Å². The Balaban J connectivity index is 2.55. The molecule has 5 heteroatoms. The summed E-state index contributed by atoms with van der Waals surface area (Å²) in [5.74, 6) is 0.750. The number of amides is 1. The van der Waals surface area contributed by atoms with Crippen LogP contribution in [0.1, 0.15) is 0 Å². The molecule has 4 nitrogen and oxygen atoms in total. The average molecular weight is 343 g/mol. The third kappa shape index (κ3) is 2.60. The minimum absolute atomic E-state index is 0.582. The first-order valence-corrected chi connectivity index (χ1v) is 5.95. The van der Waals surface area contributed by atoms with Gasteiger partial charge in [0.15, 0.2) is 0 Å². The molecule has 17 heavy (non-hydrogen) atoms. The van der Waals surface area contributed by atoms with E-state index >= 15 is 0 Å². The van der Waals surface area contributed by atoms with E-state index in [9.17, 15) is 4.79 Å². The quantitative estimate of drug-likeness (QED) is 0.820. The lowest BCUT2D eigenvalue weighted by Gasteiger charge is -2.08. The van der Waals surface area contributed by atoms with Crippen LogP contribution in [0, 0.1) is 3.57 Å². The molecule has 2 N–H and O–H groups in total. The topological polar surface area (TPSA) is 58.6 Å². The predicted octanol–water partition coefficient (Wildman–Crippen LogP) is 3.54. The lowest BCUT2D eigenvalue weighted by atomic mass is 10.1. The molecule has 0 spiro atoms. The van der Waals surface area contributed by atoms with Crippen molar-refractivity contribution < 1.29 is 14.6 Å². The van der Waals surface area contributed by atoms with Gasteiger partial charge in [0.05, 0.1) is 12.8 Å². The number of carboxylic acid groups (broad SMARTS) is 1. The molecule has 0 heterocycles. The predicted molar refractivity (Wildman–Crippen MR) is 74.9 cm³/mol. The van der Waals surface area contributed by atoms with Crippen LogP contribution < -0.4 is 10.1 Å². The van der Waals surface area contributed by atoms with Crippen molar-refractivity contribution in [1.82, 2.24) is 0 Å². The van der Waals surface area contributed by atoms with Crippen LogP contribution in [0.5, 0.6) is 5.75 Å². The molecule has 0 unspecified atom stereocenters. The van der Waals surface area contributed by atoms with Crippen LogP contribution in [0.25, 0.3) is 10.8 Å². The van der Waals surface area contributed by atoms with Crippen molar-refractivity contribution in [2.75, 3.05) is 12.4 Å². The minimum atomic E-state index is -1.06. The summed E-state index contributed by atoms with van der Waals surface area (Å²) in [5.41, 5.74) is 0.582. The van der Waals surface area contributed by atoms with E-state index in [4.69, 9.17) is 9.84 Å². The monoisotopic (exact) mass is 343 g/mol. The summed E-state index contributed by atoms with van der Waals surface area (Å²) in [4.78, 5) is 10.6. The highest BCUT2D eigenvalue weighted by molar-refractivity contribution is 14.1. The van der Waals surface area contributed by atoms with Gasteiger partial charge in [-0.2, -0.15) is 0 Å². The molecule has 0 aromatic heterocycles. The number of anilines is 1. The fourth-order valence-electron chi connectivity index (χ4n) is 1.59. The van der Waals surface area contributed by atoms with Crippen LogP contribution in [0.4, 0.5) is 10.5 Å². The Bertz CT molecular complexity index is 583. The second-order valence-corrected chi connectivity index (χ2v) is 4.64. The summed E-state index contributed by atoms with van der Waals surface area (Å²) < 4.78 is 6.00. The van der Waals surface area contributed by atoms with Crippen LogP contribution in [-0.4, -0.2) is 18.3 Å². The minimum Gasteiger partial charge on any atom is -0.497 e. The van der Waals surface area contributed by atoms with Crippen LogP contribution in [0.15, 0.2) is 30.3 Å². The van der Waals surface area contributed by atoms with E-state index in [1.165, 1.54) is 0 Å². The Kier molecular flexibility index (Phi) is 3.37. The normalized spacial score (nSPS) is 10.2. The van der Waals surface area contributed by atoms with Crippen LogP contribution >= 0.6 is 22.6 Å². The molecule has 0 radical (unpaired) electrons. The number of ether oxygens (including phenoxy) is 1. The van der Waals surface area contributed by atoms with Gasteiger partial charge in [-0.1, -0.05) is 6.07 Å². The zero-order chi connectivity index (χ0) is 12.4. The van der Waals surface area contributed by atoms with Gasteiger partial charge in [-0.05, 0) is 57.6 Å². The number of benzene rings is 2. The maximum Gasteiger partial charge on any atom is 0.409 e. The first-order valence-electron chi connectivity index (χ1n) is 4.87. The Morgan fingerprint density at radius 1 is 1.29 bits per heavy atom. The molecule has 0 saturated heterocycles. The second-order valence-electron chi connectivity index (χ2n) is 3.48. The van der Waals surface area contributed by atoms with Crippen molar-refractivity contribution in [3.05, 3.63) is 33.9 Å². The Hall–Kier alpha value is -1.50. The van der Waals surface area contributed by atoms with Gasteiger partial charge in [0, 0.05) is 3.57 Å². The second kappa shape index (κ2) is 4.79. The molecule has 88 valence electrons. The Morgan fingerprint density at radius 3 is 2.71 bits per heavy atom. The summed E-state index contributed by atoms with van der Waals surface area (Å²) in [5, 5.41) is 13.1. The highest BCUT2D eigenvalue weighted by atomic mass is 127. The van der Waals surface area contributed by atoms with Crippen molar-refractivity contribution in [1.29, 1.82) is 0 Å². The summed E-state index contributed by atoms with van der Waals surface area (Å²) in [6.45, 7) is 0. The van der Waals surface area contributed by atoms with Crippen molar-refractivity contribution in [2.45, 2.75) is 0 Å². The molecule has 0 fully saturated rings. The summed E-state index contributed by atoms with van der Waals surface area (Å²) in [6, 6.07) is 9.43. The number of halogens is 1. The number of fused-ring (bicyclic) bond motifs is 1. The SMILES string of the molecule is COc1ccc2cc(I)c(NC(=O)O)cc2c1. The van der Waals surface area contributed by atoms with Crippen molar-refractivity contribution in [3.63, 3.8) is 0 Å². The van der Waals surface area contributed by atoms with E-state index in [2.05, 4.69) is 27.9 Å². The third-order valence-corrected chi connectivity index (χ3v) is 3.27. The fourth-order valence-corrected chi connectivity index (χ4v) is 2.21. The van der Waals surface area contributed by atoms with E-state index in [1.54, 1.807) is 13.2 Å². The van der Waals surface area contributed by atoms with Crippen LogP contribution in [0.2, 0.25) is 0 Å². The van der Waals surface area contributed by atoms with Crippen molar-refractivity contribution >= 4 is 45.1 Å². The van der Waals surface area contributed by atoms with Gasteiger partial charge >= 0.3 is 6.09 Å². The summed E-state index contributed by atoms with van der Waals surface area (Å²) in [7, 11) is 1.60. The first-order chi connectivity index (χ1) is 8.10. The molecule has 0 aliphatic rings. The van der Waals surface area contributed by atoms with Crippen LogP contribution in [0.3, 0.4) is 0 Å². The molecule has 0 bridgehead atoms. The first kappa shape index (κ1) is 12.0. The molecule has 0 saturated carbocycles. The number of nitrogens with one attached hydrogen (secondary N) is 1. The van der Waals surface area contributed by atoms with E-state index in [0.29, 0.717) is 5.69 Å². The summed E-state index contributed by atoms with van der Waals surface area (Å²) in [6.07, 6.45) is -1.06. The average Bonchev–Trinajstić information content (AvgIpc) is 2.29. The molecular weight excluding hydrogens is 333 g/mol. The molecule has 2 aromatic carbocycles.